The monoisotopic (exact) mass is 252 g/mol. The molecule has 0 spiro atoms. The van der Waals surface area contributed by atoms with Gasteiger partial charge in [0.05, 0.1) is 16.6 Å². The van der Waals surface area contributed by atoms with Gasteiger partial charge in [-0.15, -0.1) is 0 Å². The quantitative estimate of drug-likeness (QED) is 0.644. The Balaban J connectivity index is 2.82. The van der Waals surface area contributed by atoms with Crippen molar-refractivity contribution in [2.45, 2.75) is 45.8 Å². The summed E-state index contributed by atoms with van der Waals surface area (Å²) in [6, 6.07) is 6.56. The van der Waals surface area contributed by atoms with Crippen LogP contribution in [0.2, 0.25) is 0 Å². The van der Waals surface area contributed by atoms with Gasteiger partial charge in [0.2, 0.25) is 0 Å². The minimum atomic E-state index is -0.388. The first-order chi connectivity index (χ1) is 8.33. The molecule has 100 valence electrons. The fraction of sp³-hybridized carbons (Fsp3) is 0.538. The van der Waals surface area contributed by atoms with Crippen molar-refractivity contribution in [1.29, 1.82) is 0 Å². The highest BCUT2D eigenvalue weighted by Crippen LogP contribution is 2.22. The molecule has 1 aromatic carbocycles. The van der Waals surface area contributed by atoms with E-state index >= 15 is 0 Å². The van der Waals surface area contributed by atoms with Crippen molar-refractivity contribution in [2.75, 3.05) is 0 Å². The predicted molar refractivity (Wildman–Crippen MR) is 70.1 cm³/mol. The van der Waals surface area contributed by atoms with E-state index in [-0.39, 0.29) is 22.3 Å². The number of nitro benzene ring substituents is 1. The molecule has 0 saturated carbocycles. The number of hydrogen-bond donors (Lipinski definition) is 1. The van der Waals surface area contributed by atoms with Crippen LogP contribution < -0.4 is 5.48 Å². The molecule has 0 amide bonds. The maximum absolute atomic E-state index is 10.7. The maximum Gasteiger partial charge on any atom is 0.269 e. The van der Waals surface area contributed by atoms with E-state index in [4.69, 9.17) is 4.84 Å². The van der Waals surface area contributed by atoms with Crippen LogP contribution >= 0.6 is 0 Å². The molecule has 1 unspecified atom stereocenters. The molecule has 0 radical (unpaired) electrons. The average Bonchev–Trinajstić information content (AvgIpc) is 2.28. The van der Waals surface area contributed by atoms with E-state index in [9.17, 15) is 10.1 Å². The van der Waals surface area contributed by atoms with Crippen molar-refractivity contribution in [1.82, 2.24) is 5.48 Å². The maximum atomic E-state index is 10.7. The molecule has 1 atom stereocenters. The van der Waals surface area contributed by atoms with Gasteiger partial charge in [-0.1, -0.05) is 19.1 Å². The number of nitrogens with zero attached hydrogens (tertiary/aromatic N) is 1. The first-order valence-electron chi connectivity index (χ1n) is 6.01. The van der Waals surface area contributed by atoms with E-state index in [1.54, 1.807) is 12.1 Å². The van der Waals surface area contributed by atoms with Crippen molar-refractivity contribution < 1.29 is 9.76 Å². The topological polar surface area (TPSA) is 64.4 Å². The predicted octanol–water partition coefficient (Wildman–Crippen LogP) is 3.37. The summed E-state index contributed by atoms with van der Waals surface area (Å²) < 4.78 is 0. The number of hydrogen-bond acceptors (Lipinski definition) is 4. The number of hydroxylamine groups is 1. The normalized spacial score (nSPS) is 13.3. The zero-order valence-electron chi connectivity index (χ0n) is 11.3. The van der Waals surface area contributed by atoms with E-state index in [1.807, 2.05) is 33.8 Å². The minimum absolute atomic E-state index is 0.0517. The number of benzene rings is 1. The van der Waals surface area contributed by atoms with Gasteiger partial charge in [0.1, 0.15) is 0 Å². The Bertz CT molecular complexity index is 413. The van der Waals surface area contributed by atoms with Crippen LogP contribution in [0.4, 0.5) is 5.69 Å². The van der Waals surface area contributed by atoms with Gasteiger partial charge < -0.3 is 0 Å². The van der Waals surface area contributed by atoms with Crippen molar-refractivity contribution >= 4 is 5.69 Å². The lowest BCUT2D eigenvalue weighted by Crippen LogP contribution is -2.31. The molecule has 0 fully saturated rings. The second-order valence-corrected chi connectivity index (χ2v) is 5.15. The van der Waals surface area contributed by atoms with Gasteiger partial charge in [-0.05, 0) is 32.8 Å². The van der Waals surface area contributed by atoms with Crippen LogP contribution in [0.5, 0.6) is 0 Å². The third-order valence-corrected chi connectivity index (χ3v) is 2.40. The van der Waals surface area contributed by atoms with Crippen LogP contribution in [0.3, 0.4) is 0 Å². The summed E-state index contributed by atoms with van der Waals surface area (Å²) in [7, 11) is 0. The molecule has 1 rings (SSSR count). The summed E-state index contributed by atoms with van der Waals surface area (Å²) in [5, 5.41) is 10.7. The number of nitrogens with one attached hydrogen (secondary N) is 1. The van der Waals surface area contributed by atoms with Gasteiger partial charge >= 0.3 is 0 Å². The van der Waals surface area contributed by atoms with Gasteiger partial charge in [0, 0.05) is 12.1 Å². The highest BCUT2D eigenvalue weighted by molar-refractivity contribution is 5.35. The molecule has 0 bridgehead atoms. The fourth-order valence-corrected chi connectivity index (χ4v) is 1.49. The number of non-ortho nitro benzene ring substituents is 1. The smallest absolute Gasteiger partial charge is 0.269 e. The lowest BCUT2D eigenvalue weighted by molar-refractivity contribution is -0.384. The lowest BCUT2D eigenvalue weighted by Gasteiger charge is -2.24. The molecule has 0 saturated heterocycles. The minimum Gasteiger partial charge on any atom is -0.296 e. The highest BCUT2D eigenvalue weighted by Gasteiger charge is 2.17. The molecule has 0 heterocycles. The number of nitro groups is 1. The van der Waals surface area contributed by atoms with Crippen molar-refractivity contribution in [3.8, 4) is 0 Å². The molecule has 0 aliphatic rings. The van der Waals surface area contributed by atoms with Gasteiger partial charge in [0.25, 0.3) is 5.69 Å². The molecule has 0 aliphatic carbocycles. The summed E-state index contributed by atoms with van der Waals surface area (Å²) >= 11 is 0. The van der Waals surface area contributed by atoms with E-state index < -0.39 is 0 Å². The molecule has 1 N–H and O–H groups in total. The van der Waals surface area contributed by atoms with Gasteiger partial charge in [0.15, 0.2) is 0 Å². The van der Waals surface area contributed by atoms with E-state index in [0.29, 0.717) is 0 Å². The van der Waals surface area contributed by atoms with Gasteiger partial charge in [-0.2, -0.15) is 5.48 Å². The largest absolute Gasteiger partial charge is 0.296 e. The Hall–Kier alpha value is -1.46. The summed E-state index contributed by atoms with van der Waals surface area (Å²) in [6.07, 6.45) is 0.789. The molecule has 0 aliphatic heterocycles. The van der Waals surface area contributed by atoms with E-state index in [2.05, 4.69) is 5.48 Å². The van der Waals surface area contributed by atoms with Crippen molar-refractivity contribution in [3.05, 3.63) is 39.9 Å². The van der Waals surface area contributed by atoms with Crippen molar-refractivity contribution in [2.24, 2.45) is 0 Å². The highest BCUT2D eigenvalue weighted by atomic mass is 16.7. The Labute approximate surface area is 107 Å². The molecular weight excluding hydrogens is 232 g/mol. The standard InChI is InChI=1S/C13H20N2O3/c1-5-12(14-18-13(2,3)4)10-7-6-8-11(9-10)15(16)17/h6-9,12,14H,5H2,1-4H3. The van der Waals surface area contributed by atoms with Gasteiger partial charge in [-0.3, -0.25) is 15.0 Å². The Morgan fingerprint density at radius 3 is 2.61 bits per heavy atom. The van der Waals surface area contributed by atoms with Crippen LogP contribution in [0.25, 0.3) is 0 Å². The molecular formula is C13H20N2O3. The third-order valence-electron chi connectivity index (χ3n) is 2.40. The SMILES string of the molecule is CCC(NOC(C)(C)C)c1cccc([N+](=O)[O-])c1. The third kappa shape index (κ3) is 4.43. The Morgan fingerprint density at radius 2 is 2.11 bits per heavy atom. The summed E-state index contributed by atoms with van der Waals surface area (Å²) in [5.74, 6) is 0. The Kier molecular flexibility index (Phi) is 4.81. The lowest BCUT2D eigenvalue weighted by atomic mass is 10.0. The summed E-state index contributed by atoms with van der Waals surface area (Å²) in [6.45, 7) is 7.84. The molecule has 18 heavy (non-hydrogen) atoms. The van der Waals surface area contributed by atoms with Crippen molar-refractivity contribution in [3.63, 3.8) is 0 Å². The number of rotatable bonds is 5. The van der Waals surface area contributed by atoms with Crippen LogP contribution in [0.15, 0.2) is 24.3 Å². The van der Waals surface area contributed by atoms with Crippen LogP contribution in [0, 0.1) is 10.1 Å². The molecule has 5 heteroatoms. The second kappa shape index (κ2) is 5.93. The second-order valence-electron chi connectivity index (χ2n) is 5.15. The average molecular weight is 252 g/mol. The fourth-order valence-electron chi connectivity index (χ4n) is 1.49. The first-order valence-corrected chi connectivity index (χ1v) is 6.01. The van der Waals surface area contributed by atoms with Crippen LogP contribution in [0.1, 0.15) is 45.7 Å². The first kappa shape index (κ1) is 14.6. The van der Waals surface area contributed by atoms with E-state index in [1.165, 1.54) is 6.07 Å². The molecule has 1 aromatic rings. The molecule has 5 nitrogen and oxygen atoms in total. The Morgan fingerprint density at radius 1 is 1.44 bits per heavy atom. The van der Waals surface area contributed by atoms with E-state index in [0.717, 1.165) is 12.0 Å². The summed E-state index contributed by atoms with van der Waals surface area (Å²) in [4.78, 5) is 15.9. The molecule has 0 aromatic heterocycles. The summed E-state index contributed by atoms with van der Waals surface area (Å²) in [5.41, 5.74) is 3.63. The van der Waals surface area contributed by atoms with Crippen LogP contribution in [-0.2, 0) is 4.84 Å². The zero-order valence-corrected chi connectivity index (χ0v) is 11.3. The zero-order chi connectivity index (χ0) is 13.8. The van der Waals surface area contributed by atoms with Gasteiger partial charge in [-0.25, -0.2) is 0 Å². The van der Waals surface area contributed by atoms with Crippen LogP contribution in [-0.4, -0.2) is 10.5 Å².